The van der Waals surface area contributed by atoms with E-state index in [1.807, 2.05) is 12.1 Å². The molecule has 4 rings (SSSR count). The van der Waals surface area contributed by atoms with E-state index in [1.54, 1.807) is 62.8 Å². The number of nitrogens with zero attached hydrogens (tertiary/aromatic N) is 2. The van der Waals surface area contributed by atoms with E-state index in [1.165, 1.54) is 0 Å². The summed E-state index contributed by atoms with van der Waals surface area (Å²) in [5, 5.41) is 5.77. The zero-order chi connectivity index (χ0) is 24.6. The zero-order valence-electron chi connectivity index (χ0n) is 20.0. The predicted octanol–water partition coefficient (Wildman–Crippen LogP) is 3.72. The molecule has 2 amide bonds. The van der Waals surface area contributed by atoms with Crippen molar-refractivity contribution in [1.29, 1.82) is 0 Å². The van der Waals surface area contributed by atoms with E-state index < -0.39 is 0 Å². The third kappa shape index (κ3) is 6.51. The molecule has 0 unspecified atom stereocenters. The molecule has 0 aromatic heterocycles. The number of piperazine rings is 1. The van der Waals surface area contributed by atoms with Crippen LogP contribution in [0.2, 0.25) is 0 Å². The highest BCUT2D eigenvalue weighted by atomic mass is 16.5. The van der Waals surface area contributed by atoms with Crippen LogP contribution in [0.25, 0.3) is 0 Å². The van der Waals surface area contributed by atoms with E-state index in [0.717, 1.165) is 43.4 Å². The van der Waals surface area contributed by atoms with Gasteiger partial charge in [-0.1, -0.05) is 0 Å². The Kier molecular flexibility index (Phi) is 7.84. The van der Waals surface area contributed by atoms with Gasteiger partial charge >= 0.3 is 0 Å². The van der Waals surface area contributed by atoms with E-state index in [0.29, 0.717) is 23.5 Å². The molecule has 0 spiro atoms. The van der Waals surface area contributed by atoms with Crippen LogP contribution in [-0.2, 0) is 4.79 Å². The molecule has 1 heterocycles. The van der Waals surface area contributed by atoms with Crippen LogP contribution in [0.3, 0.4) is 0 Å². The number of carbonyl (C=O) groups is 2. The molecule has 1 fully saturated rings. The molecule has 35 heavy (non-hydrogen) atoms. The lowest BCUT2D eigenvalue weighted by Gasteiger charge is -2.35. The molecule has 0 bridgehead atoms. The van der Waals surface area contributed by atoms with Crippen LogP contribution in [0, 0.1) is 0 Å². The molecule has 1 aliphatic rings. The van der Waals surface area contributed by atoms with Crippen molar-refractivity contribution in [2.75, 3.05) is 62.5 Å². The number of methoxy groups -OCH3 is 2. The van der Waals surface area contributed by atoms with Crippen molar-refractivity contribution in [2.45, 2.75) is 0 Å². The smallest absolute Gasteiger partial charge is 0.255 e. The summed E-state index contributed by atoms with van der Waals surface area (Å²) >= 11 is 0. The fourth-order valence-electron chi connectivity index (χ4n) is 3.94. The SMILES string of the molecule is COc1ccc(NC(=O)c2ccc(NC(=O)CN3CCN(c4ccc(OC)cc4)CC3)cc2)cc1. The lowest BCUT2D eigenvalue weighted by atomic mass is 10.2. The molecule has 0 aliphatic carbocycles. The summed E-state index contributed by atoms with van der Waals surface area (Å²) in [6.45, 7) is 3.67. The van der Waals surface area contributed by atoms with Gasteiger partial charge in [0.2, 0.25) is 5.91 Å². The van der Waals surface area contributed by atoms with Crippen molar-refractivity contribution < 1.29 is 19.1 Å². The van der Waals surface area contributed by atoms with Crippen LogP contribution in [0.5, 0.6) is 11.5 Å². The number of ether oxygens (including phenoxy) is 2. The minimum absolute atomic E-state index is 0.0710. The molecule has 8 nitrogen and oxygen atoms in total. The lowest BCUT2D eigenvalue weighted by Crippen LogP contribution is -2.48. The lowest BCUT2D eigenvalue weighted by molar-refractivity contribution is -0.117. The summed E-state index contributed by atoms with van der Waals surface area (Å²) in [5.41, 5.74) is 3.01. The maximum Gasteiger partial charge on any atom is 0.255 e. The highest BCUT2D eigenvalue weighted by Crippen LogP contribution is 2.21. The molecular formula is C27H30N4O4. The first-order valence-corrected chi connectivity index (χ1v) is 11.5. The second kappa shape index (κ2) is 11.4. The Hall–Kier alpha value is -4.04. The zero-order valence-corrected chi connectivity index (χ0v) is 20.0. The summed E-state index contributed by atoms with van der Waals surface area (Å²) < 4.78 is 10.3. The maximum atomic E-state index is 12.5. The summed E-state index contributed by atoms with van der Waals surface area (Å²) in [4.78, 5) is 29.5. The molecule has 0 saturated carbocycles. The Balaban J connectivity index is 1.23. The van der Waals surface area contributed by atoms with Crippen molar-refractivity contribution in [1.82, 2.24) is 4.90 Å². The van der Waals surface area contributed by atoms with Gasteiger partial charge in [-0.05, 0) is 72.8 Å². The van der Waals surface area contributed by atoms with E-state index in [-0.39, 0.29) is 11.8 Å². The molecule has 2 N–H and O–H groups in total. The molecule has 1 aliphatic heterocycles. The van der Waals surface area contributed by atoms with Gasteiger partial charge in [-0.25, -0.2) is 0 Å². The third-order valence-corrected chi connectivity index (χ3v) is 5.96. The van der Waals surface area contributed by atoms with Gasteiger partial charge < -0.3 is 25.0 Å². The fraction of sp³-hybridized carbons (Fsp3) is 0.259. The largest absolute Gasteiger partial charge is 0.497 e. The summed E-state index contributed by atoms with van der Waals surface area (Å²) in [7, 11) is 3.26. The maximum absolute atomic E-state index is 12.5. The van der Waals surface area contributed by atoms with E-state index in [2.05, 4.69) is 32.6 Å². The third-order valence-electron chi connectivity index (χ3n) is 5.96. The molecule has 0 radical (unpaired) electrons. The van der Waals surface area contributed by atoms with Gasteiger partial charge in [0.05, 0.1) is 20.8 Å². The van der Waals surface area contributed by atoms with Gasteiger partial charge in [-0.2, -0.15) is 0 Å². The van der Waals surface area contributed by atoms with Crippen LogP contribution < -0.4 is 25.0 Å². The minimum Gasteiger partial charge on any atom is -0.497 e. The Morgan fingerprint density at radius 3 is 1.80 bits per heavy atom. The van der Waals surface area contributed by atoms with Gasteiger partial charge in [0.1, 0.15) is 11.5 Å². The van der Waals surface area contributed by atoms with Crippen molar-refractivity contribution in [3.63, 3.8) is 0 Å². The molecular weight excluding hydrogens is 444 g/mol. The van der Waals surface area contributed by atoms with Crippen molar-refractivity contribution in [2.24, 2.45) is 0 Å². The summed E-state index contributed by atoms with van der Waals surface area (Å²) in [6.07, 6.45) is 0. The molecule has 0 atom stereocenters. The summed E-state index contributed by atoms with van der Waals surface area (Å²) in [6, 6.07) is 22.0. The highest BCUT2D eigenvalue weighted by Gasteiger charge is 2.19. The Labute approximate surface area is 205 Å². The molecule has 3 aromatic carbocycles. The number of anilines is 3. The Morgan fingerprint density at radius 1 is 0.714 bits per heavy atom. The normalized spacial score (nSPS) is 13.7. The molecule has 8 heteroatoms. The van der Waals surface area contributed by atoms with Gasteiger partial charge in [-0.3, -0.25) is 14.5 Å². The van der Waals surface area contributed by atoms with Crippen LogP contribution in [0.1, 0.15) is 10.4 Å². The molecule has 182 valence electrons. The number of carbonyl (C=O) groups excluding carboxylic acids is 2. The number of nitrogens with one attached hydrogen (secondary N) is 2. The van der Waals surface area contributed by atoms with Gasteiger partial charge in [-0.15, -0.1) is 0 Å². The number of hydrogen-bond acceptors (Lipinski definition) is 6. The van der Waals surface area contributed by atoms with E-state index >= 15 is 0 Å². The number of hydrogen-bond donors (Lipinski definition) is 2. The fourth-order valence-corrected chi connectivity index (χ4v) is 3.94. The summed E-state index contributed by atoms with van der Waals surface area (Å²) in [5.74, 6) is 1.28. The van der Waals surface area contributed by atoms with Crippen LogP contribution in [-0.4, -0.2) is 63.7 Å². The molecule has 3 aromatic rings. The average molecular weight is 475 g/mol. The van der Waals surface area contributed by atoms with Crippen molar-refractivity contribution in [3.05, 3.63) is 78.4 Å². The first-order chi connectivity index (χ1) is 17.0. The van der Waals surface area contributed by atoms with E-state index in [9.17, 15) is 9.59 Å². The quantitative estimate of drug-likeness (QED) is 0.518. The number of rotatable bonds is 8. The number of benzene rings is 3. The van der Waals surface area contributed by atoms with Gasteiger partial charge in [0, 0.05) is 48.8 Å². The van der Waals surface area contributed by atoms with E-state index in [4.69, 9.17) is 9.47 Å². The standard InChI is InChI=1S/C27H30N4O4/c1-34-24-11-7-22(8-12-24)29-27(33)20-3-5-21(6-4-20)28-26(32)19-30-15-17-31(18-16-30)23-9-13-25(35-2)14-10-23/h3-14H,15-19H2,1-2H3,(H,28,32)(H,29,33). The van der Waals surface area contributed by atoms with Gasteiger partial charge in [0.15, 0.2) is 0 Å². The first-order valence-electron chi connectivity index (χ1n) is 11.5. The van der Waals surface area contributed by atoms with Crippen LogP contribution in [0.4, 0.5) is 17.1 Å². The first kappa shape index (κ1) is 24.1. The molecule has 1 saturated heterocycles. The average Bonchev–Trinajstić information content (AvgIpc) is 2.90. The van der Waals surface area contributed by atoms with Crippen molar-refractivity contribution >= 4 is 28.9 Å². The Morgan fingerprint density at radius 2 is 1.23 bits per heavy atom. The van der Waals surface area contributed by atoms with Crippen molar-refractivity contribution in [3.8, 4) is 11.5 Å². The number of amides is 2. The topological polar surface area (TPSA) is 83.1 Å². The second-order valence-corrected chi connectivity index (χ2v) is 8.27. The monoisotopic (exact) mass is 474 g/mol. The predicted molar refractivity (Wildman–Crippen MR) is 138 cm³/mol. The highest BCUT2D eigenvalue weighted by molar-refractivity contribution is 6.04. The second-order valence-electron chi connectivity index (χ2n) is 8.27. The van der Waals surface area contributed by atoms with Gasteiger partial charge in [0.25, 0.3) is 5.91 Å². The Bertz CT molecular complexity index is 1120. The minimum atomic E-state index is -0.220. The van der Waals surface area contributed by atoms with Crippen LogP contribution in [0.15, 0.2) is 72.8 Å². The van der Waals surface area contributed by atoms with Crippen LogP contribution >= 0.6 is 0 Å².